The number of ether oxygens (including phenoxy) is 2. The fraction of sp³-hybridized carbons (Fsp3) is 0.667. The Hall–Kier alpha value is -1.13. The van der Waals surface area contributed by atoms with E-state index in [4.69, 9.17) is 9.47 Å². The summed E-state index contributed by atoms with van der Waals surface area (Å²) in [7, 11) is 0. The number of pyridine rings is 1. The minimum Gasteiger partial charge on any atom is -0.471 e. The SMILES string of the molecule is Cc1cccc(O[C@H]2COCCN(C3CCC3)C2)n1. The summed E-state index contributed by atoms with van der Waals surface area (Å²) < 4.78 is 11.7. The van der Waals surface area contributed by atoms with Gasteiger partial charge in [-0.1, -0.05) is 12.5 Å². The highest BCUT2D eigenvalue weighted by molar-refractivity contribution is 5.15. The molecule has 1 saturated carbocycles. The maximum Gasteiger partial charge on any atom is 0.213 e. The molecule has 0 radical (unpaired) electrons. The molecule has 1 atom stereocenters. The van der Waals surface area contributed by atoms with Crippen LogP contribution in [-0.4, -0.2) is 48.3 Å². The Kier molecular flexibility index (Phi) is 3.99. The van der Waals surface area contributed by atoms with Gasteiger partial charge in [0.25, 0.3) is 0 Å². The van der Waals surface area contributed by atoms with Crippen molar-refractivity contribution < 1.29 is 9.47 Å². The lowest BCUT2D eigenvalue weighted by Gasteiger charge is -2.37. The predicted octanol–water partition coefficient (Wildman–Crippen LogP) is 2.02. The highest BCUT2D eigenvalue weighted by Crippen LogP contribution is 2.26. The molecule has 2 fully saturated rings. The third kappa shape index (κ3) is 3.25. The molecule has 104 valence electrons. The van der Waals surface area contributed by atoms with Crippen LogP contribution < -0.4 is 4.74 Å². The molecule has 19 heavy (non-hydrogen) atoms. The van der Waals surface area contributed by atoms with Gasteiger partial charge in [0.1, 0.15) is 6.10 Å². The second-order valence-electron chi connectivity index (χ2n) is 5.51. The van der Waals surface area contributed by atoms with Crippen molar-refractivity contribution in [1.29, 1.82) is 0 Å². The molecule has 4 nitrogen and oxygen atoms in total. The molecule has 1 aromatic rings. The first-order valence-electron chi connectivity index (χ1n) is 7.23. The van der Waals surface area contributed by atoms with Crippen LogP contribution in [0.4, 0.5) is 0 Å². The van der Waals surface area contributed by atoms with Gasteiger partial charge in [-0.15, -0.1) is 0 Å². The Morgan fingerprint density at radius 2 is 2.26 bits per heavy atom. The van der Waals surface area contributed by atoms with Gasteiger partial charge in [0.15, 0.2) is 0 Å². The summed E-state index contributed by atoms with van der Waals surface area (Å²) in [6.45, 7) is 5.46. The molecule has 0 N–H and O–H groups in total. The van der Waals surface area contributed by atoms with E-state index in [2.05, 4.69) is 9.88 Å². The van der Waals surface area contributed by atoms with E-state index in [-0.39, 0.29) is 6.10 Å². The van der Waals surface area contributed by atoms with Crippen molar-refractivity contribution in [2.75, 3.05) is 26.3 Å². The van der Waals surface area contributed by atoms with Crippen molar-refractivity contribution in [2.45, 2.75) is 38.3 Å². The van der Waals surface area contributed by atoms with E-state index in [9.17, 15) is 0 Å². The second kappa shape index (κ2) is 5.88. The van der Waals surface area contributed by atoms with E-state index < -0.39 is 0 Å². The first-order valence-corrected chi connectivity index (χ1v) is 7.23. The summed E-state index contributed by atoms with van der Waals surface area (Å²) in [4.78, 5) is 6.93. The topological polar surface area (TPSA) is 34.6 Å². The van der Waals surface area contributed by atoms with Crippen LogP contribution in [0.1, 0.15) is 25.0 Å². The van der Waals surface area contributed by atoms with Crippen LogP contribution in [0.3, 0.4) is 0 Å². The van der Waals surface area contributed by atoms with Crippen LogP contribution in [-0.2, 0) is 4.74 Å². The van der Waals surface area contributed by atoms with Gasteiger partial charge in [0.05, 0.1) is 13.2 Å². The normalized spacial score (nSPS) is 25.6. The minimum absolute atomic E-state index is 0.0948. The third-order valence-electron chi connectivity index (χ3n) is 4.01. The molecule has 0 spiro atoms. The first-order chi connectivity index (χ1) is 9.31. The Labute approximate surface area is 114 Å². The van der Waals surface area contributed by atoms with Gasteiger partial charge in [-0.3, -0.25) is 4.90 Å². The molecule has 1 aliphatic heterocycles. The lowest BCUT2D eigenvalue weighted by atomic mass is 9.91. The molecule has 4 heteroatoms. The van der Waals surface area contributed by atoms with Gasteiger partial charge < -0.3 is 9.47 Å². The summed E-state index contributed by atoms with van der Waals surface area (Å²) in [6.07, 6.45) is 4.12. The predicted molar refractivity (Wildman–Crippen MR) is 73.4 cm³/mol. The molecular formula is C15H22N2O2. The zero-order chi connectivity index (χ0) is 13.1. The number of aryl methyl sites for hydroxylation is 1. The average molecular weight is 262 g/mol. The van der Waals surface area contributed by atoms with E-state index in [1.165, 1.54) is 19.3 Å². The second-order valence-corrected chi connectivity index (χ2v) is 5.51. The standard InChI is InChI=1S/C15H22N2O2/c1-12-4-2-7-15(16-12)19-14-10-17(8-9-18-11-14)13-5-3-6-13/h2,4,7,13-14H,3,5-6,8-11H2,1H3/t14-/m1/s1. The molecule has 0 bridgehead atoms. The summed E-state index contributed by atoms with van der Waals surface area (Å²) in [5.41, 5.74) is 0.989. The number of rotatable bonds is 3. The van der Waals surface area contributed by atoms with Crippen molar-refractivity contribution in [1.82, 2.24) is 9.88 Å². The van der Waals surface area contributed by atoms with Crippen molar-refractivity contribution in [2.24, 2.45) is 0 Å². The van der Waals surface area contributed by atoms with Crippen LogP contribution in [0.25, 0.3) is 0 Å². The van der Waals surface area contributed by atoms with Crippen LogP contribution >= 0.6 is 0 Å². The molecule has 1 saturated heterocycles. The number of hydrogen-bond acceptors (Lipinski definition) is 4. The Morgan fingerprint density at radius 1 is 1.37 bits per heavy atom. The molecule has 1 aromatic heterocycles. The maximum absolute atomic E-state index is 5.99. The number of hydrogen-bond donors (Lipinski definition) is 0. The fourth-order valence-electron chi connectivity index (χ4n) is 2.71. The Balaban J connectivity index is 1.62. The van der Waals surface area contributed by atoms with Crippen molar-refractivity contribution in [3.63, 3.8) is 0 Å². The van der Waals surface area contributed by atoms with Gasteiger partial charge >= 0.3 is 0 Å². The largest absolute Gasteiger partial charge is 0.471 e. The highest BCUT2D eigenvalue weighted by Gasteiger charge is 2.29. The van der Waals surface area contributed by atoms with Gasteiger partial charge in [0.2, 0.25) is 5.88 Å². The van der Waals surface area contributed by atoms with E-state index >= 15 is 0 Å². The van der Waals surface area contributed by atoms with Gasteiger partial charge in [-0.2, -0.15) is 0 Å². The van der Waals surface area contributed by atoms with Crippen LogP contribution in [0, 0.1) is 6.92 Å². The fourth-order valence-corrected chi connectivity index (χ4v) is 2.71. The van der Waals surface area contributed by atoms with E-state index in [0.29, 0.717) is 12.5 Å². The monoisotopic (exact) mass is 262 g/mol. The van der Waals surface area contributed by atoms with Crippen LogP contribution in [0.5, 0.6) is 5.88 Å². The summed E-state index contributed by atoms with van der Waals surface area (Å²) in [5.74, 6) is 0.712. The van der Waals surface area contributed by atoms with Crippen LogP contribution in [0.15, 0.2) is 18.2 Å². The molecule has 1 aliphatic carbocycles. The highest BCUT2D eigenvalue weighted by atomic mass is 16.5. The quantitative estimate of drug-likeness (QED) is 0.834. The number of aromatic nitrogens is 1. The van der Waals surface area contributed by atoms with E-state index in [1.54, 1.807) is 0 Å². The lowest BCUT2D eigenvalue weighted by molar-refractivity contribution is 0.0628. The van der Waals surface area contributed by atoms with Crippen molar-refractivity contribution >= 4 is 0 Å². The maximum atomic E-state index is 5.99. The molecule has 3 rings (SSSR count). The van der Waals surface area contributed by atoms with Gasteiger partial charge in [0, 0.05) is 30.9 Å². The third-order valence-corrected chi connectivity index (χ3v) is 4.01. The zero-order valence-corrected chi connectivity index (χ0v) is 11.5. The van der Waals surface area contributed by atoms with E-state index in [0.717, 1.165) is 31.4 Å². The van der Waals surface area contributed by atoms with Crippen LogP contribution in [0.2, 0.25) is 0 Å². The summed E-state index contributed by atoms with van der Waals surface area (Å²) in [6, 6.07) is 6.64. The molecule has 2 aliphatic rings. The van der Waals surface area contributed by atoms with Crippen molar-refractivity contribution in [3.05, 3.63) is 23.9 Å². The smallest absolute Gasteiger partial charge is 0.213 e. The van der Waals surface area contributed by atoms with Gasteiger partial charge in [-0.25, -0.2) is 4.98 Å². The van der Waals surface area contributed by atoms with E-state index in [1.807, 2.05) is 25.1 Å². The number of nitrogens with zero attached hydrogens (tertiary/aromatic N) is 2. The molecular weight excluding hydrogens is 240 g/mol. The molecule has 2 heterocycles. The average Bonchev–Trinajstić information content (AvgIpc) is 2.53. The zero-order valence-electron chi connectivity index (χ0n) is 11.5. The minimum atomic E-state index is 0.0948. The summed E-state index contributed by atoms with van der Waals surface area (Å²) in [5, 5.41) is 0. The molecule has 0 aromatic carbocycles. The van der Waals surface area contributed by atoms with Gasteiger partial charge in [-0.05, 0) is 25.8 Å². The Morgan fingerprint density at radius 3 is 3.00 bits per heavy atom. The lowest BCUT2D eigenvalue weighted by Crippen LogP contribution is -2.45. The molecule has 0 unspecified atom stereocenters. The van der Waals surface area contributed by atoms with Crippen molar-refractivity contribution in [3.8, 4) is 5.88 Å². The first kappa shape index (κ1) is 12.9. The Bertz CT molecular complexity index is 420. The summed E-state index contributed by atoms with van der Waals surface area (Å²) >= 11 is 0. The molecule has 0 amide bonds.